The van der Waals surface area contributed by atoms with Crippen molar-refractivity contribution in [1.29, 1.82) is 0 Å². The van der Waals surface area contributed by atoms with Gasteiger partial charge in [-0.25, -0.2) is 0 Å². The smallest absolute Gasteiger partial charge is 0.270 e. The second kappa shape index (κ2) is 9.37. The Morgan fingerprint density at radius 3 is 1.31 bits per heavy atom. The number of halogens is 2. The topological polar surface area (TPSA) is 172 Å². The number of carbonyl (C=O) groups excluding carboxylic acids is 2. The van der Waals surface area contributed by atoms with Crippen LogP contribution in [0.5, 0.6) is 0 Å². The van der Waals surface area contributed by atoms with E-state index in [-0.39, 0.29) is 22.5 Å². The maximum Gasteiger partial charge on any atom is 0.270 e. The molecule has 12 heteroatoms. The summed E-state index contributed by atoms with van der Waals surface area (Å²) in [5, 5.41) is 20.7. The van der Waals surface area contributed by atoms with Gasteiger partial charge >= 0.3 is 0 Å². The number of amides is 2. The van der Waals surface area contributed by atoms with Gasteiger partial charge in [-0.2, -0.15) is 0 Å². The van der Waals surface area contributed by atoms with E-state index in [4.69, 9.17) is 11.5 Å². The number of hydrogen-bond donors (Lipinski definition) is 2. The zero-order chi connectivity index (χ0) is 20.0. The third-order valence-corrected chi connectivity index (χ3v) is 4.73. The third-order valence-electron chi connectivity index (χ3n) is 2.85. The van der Waals surface area contributed by atoms with Crippen molar-refractivity contribution in [3.05, 3.63) is 74.9 Å². The number of benzene rings is 2. The van der Waals surface area contributed by atoms with Gasteiger partial charge in [0.25, 0.3) is 11.4 Å². The summed E-state index contributed by atoms with van der Waals surface area (Å²) >= 11 is 3.78. The van der Waals surface area contributed by atoms with Crippen molar-refractivity contribution in [2.24, 2.45) is 11.5 Å². The van der Waals surface area contributed by atoms with Crippen molar-refractivity contribution in [3.63, 3.8) is 0 Å². The molecule has 2 aromatic carbocycles. The van der Waals surface area contributed by atoms with Crippen molar-refractivity contribution >= 4 is 68.4 Å². The van der Waals surface area contributed by atoms with E-state index < -0.39 is 21.7 Å². The van der Waals surface area contributed by atoms with Crippen molar-refractivity contribution in [2.75, 3.05) is 0 Å². The fourth-order valence-corrected chi connectivity index (χ4v) is 2.83. The van der Waals surface area contributed by atoms with Crippen LogP contribution in [0.15, 0.2) is 36.4 Å². The van der Waals surface area contributed by atoms with Crippen LogP contribution >= 0.6 is 45.2 Å². The van der Waals surface area contributed by atoms with Crippen molar-refractivity contribution in [1.82, 2.24) is 0 Å². The molecule has 0 aliphatic rings. The van der Waals surface area contributed by atoms with Gasteiger partial charge in [0, 0.05) is 31.4 Å². The average Bonchev–Trinajstić information content (AvgIpc) is 2.55. The van der Waals surface area contributed by atoms with Crippen LogP contribution in [0, 0.1) is 27.4 Å². The first-order valence-corrected chi connectivity index (χ1v) is 8.67. The number of rotatable bonds is 4. The monoisotopic (exact) mass is 584 g/mol. The lowest BCUT2D eigenvalue weighted by Crippen LogP contribution is -2.12. The van der Waals surface area contributed by atoms with Crippen LogP contribution in [0.4, 0.5) is 11.4 Å². The summed E-state index contributed by atoms with van der Waals surface area (Å²) in [6.45, 7) is 0. The minimum absolute atomic E-state index is 0.130. The van der Waals surface area contributed by atoms with E-state index in [2.05, 4.69) is 0 Å². The first-order chi connectivity index (χ1) is 12.0. The maximum absolute atomic E-state index is 10.8. The Morgan fingerprint density at radius 2 is 1.08 bits per heavy atom. The van der Waals surface area contributed by atoms with Crippen molar-refractivity contribution in [3.8, 4) is 0 Å². The molecule has 2 aromatic rings. The van der Waals surface area contributed by atoms with Gasteiger partial charge in [0.05, 0.1) is 21.0 Å². The van der Waals surface area contributed by atoms with Crippen LogP contribution in [-0.2, 0) is 0 Å². The molecular formula is C14H10I2N4O6. The standard InChI is InChI=1S/2C7H5IN2O3/c2*8-6-2-1-4(10(12)13)3-5(6)7(9)11/h2*1-3H,(H2,9,11). The molecule has 0 aromatic heterocycles. The minimum Gasteiger partial charge on any atom is -0.366 e. The Hall–Kier alpha value is -2.36. The van der Waals surface area contributed by atoms with Gasteiger partial charge < -0.3 is 11.5 Å². The Kier molecular flexibility index (Phi) is 7.81. The van der Waals surface area contributed by atoms with E-state index in [1.54, 1.807) is 0 Å². The third kappa shape index (κ3) is 5.87. The van der Waals surface area contributed by atoms with Gasteiger partial charge in [0.15, 0.2) is 0 Å². The van der Waals surface area contributed by atoms with Gasteiger partial charge in [-0.05, 0) is 57.3 Å². The number of hydrogen-bond acceptors (Lipinski definition) is 6. The highest BCUT2D eigenvalue weighted by molar-refractivity contribution is 14.1. The Balaban J connectivity index is 0.000000260. The molecule has 0 atom stereocenters. The molecule has 0 bridgehead atoms. The van der Waals surface area contributed by atoms with Gasteiger partial charge in [0.2, 0.25) is 11.8 Å². The fraction of sp³-hybridized carbons (Fsp3) is 0. The van der Waals surface area contributed by atoms with Crippen LogP contribution < -0.4 is 11.5 Å². The fourth-order valence-electron chi connectivity index (χ4n) is 1.63. The molecule has 136 valence electrons. The summed E-state index contributed by atoms with van der Waals surface area (Å²) in [7, 11) is 0. The number of nitro groups is 2. The summed E-state index contributed by atoms with van der Waals surface area (Å²) in [4.78, 5) is 41.1. The van der Waals surface area contributed by atoms with E-state index >= 15 is 0 Å². The molecule has 0 saturated heterocycles. The van der Waals surface area contributed by atoms with Crippen LogP contribution in [0.2, 0.25) is 0 Å². The quantitative estimate of drug-likeness (QED) is 0.318. The van der Waals surface area contributed by atoms with Gasteiger partial charge in [0.1, 0.15) is 0 Å². The lowest BCUT2D eigenvalue weighted by molar-refractivity contribution is -0.385. The van der Waals surface area contributed by atoms with Crippen molar-refractivity contribution < 1.29 is 19.4 Å². The van der Waals surface area contributed by atoms with E-state index in [1.165, 1.54) is 36.4 Å². The molecule has 0 heterocycles. The van der Waals surface area contributed by atoms with E-state index in [0.29, 0.717) is 7.14 Å². The summed E-state index contributed by atoms with van der Waals surface area (Å²) in [6.07, 6.45) is 0. The second-order valence-corrected chi connectivity index (χ2v) is 6.90. The van der Waals surface area contributed by atoms with E-state index in [1.807, 2.05) is 45.2 Å². The SMILES string of the molecule is NC(=O)c1cc([N+](=O)[O-])ccc1I.NC(=O)c1cc([N+](=O)[O-])ccc1I. The zero-order valence-electron chi connectivity index (χ0n) is 12.7. The normalized spacial score (nSPS) is 9.62. The summed E-state index contributed by atoms with van der Waals surface area (Å²) < 4.78 is 1.21. The minimum atomic E-state index is -0.659. The van der Waals surface area contributed by atoms with E-state index in [9.17, 15) is 29.8 Å². The van der Waals surface area contributed by atoms with Crippen LogP contribution in [0.3, 0.4) is 0 Å². The summed E-state index contributed by atoms with van der Waals surface area (Å²) in [6, 6.07) is 7.97. The first-order valence-electron chi connectivity index (χ1n) is 6.52. The molecule has 0 fully saturated rings. The maximum atomic E-state index is 10.8. The number of nitrogens with two attached hydrogens (primary N) is 2. The Morgan fingerprint density at radius 1 is 0.769 bits per heavy atom. The molecule has 0 radical (unpaired) electrons. The highest BCUT2D eigenvalue weighted by Gasteiger charge is 2.13. The second-order valence-electron chi connectivity index (χ2n) is 4.57. The zero-order valence-corrected chi connectivity index (χ0v) is 17.0. The number of non-ortho nitro benzene ring substituents is 2. The number of carbonyl (C=O) groups is 2. The largest absolute Gasteiger partial charge is 0.366 e. The predicted molar refractivity (Wildman–Crippen MR) is 109 cm³/mol. The molecule has 0 aliphatic heterocycles. The highest BCUT2D eigenvalue weighted by Crippen LogP contribution is 2.19. The Labute approximate surface area is 173 Å². The van der Waals surface area contributed by atoms with Gasteiger partial charge in [-0.15, -0.1) is 0 Å². The number of primary amides is 2. The summed E-state index contributed by atoms with van der Waals surface area (Å²) in [5.74, 6) is -1.32. The predicted octanol–water partition coefficient (Wildman–Crippen LogP) is 2.60. The lowest BCUT2D eigenvalue weighted by atomic mass is 10.2. The molecule has 2 rings (SSSR count). The van der Waals surface area contributed by atoms with Crippen LogP contribution in [0.1, 0.15) is 20.7 Å². The van der Waals surface area contributed by atoms with Gasteiger partial charge in [-0.3, -0.25) is 29.8 Å². The molecular weight excluding hydrogens is 574 g/mol. The van der Waals surface area contributed by atoms with Gasteiger partial charge in [-0.1, -0.05) is 0 Å². The molecule has 0 aliphatic carbocycles. The average molecular weight is 584 g/mol. The molecule has 26 heavy (non-hydrogen) atoms. The molecule has 10 nitrogen and oxygen atoms in total. The molecule has 4 N–H and O–H groups in total. The van der Waals surface area contributed by atoms with E-state index in [0.717, 1.165) is 0 Å². The molecule has 0 saturated carbocycles. The first kappa shape index (κ1) is 21.7. The van der Waals surface area contributed by atoms with Crippen LogP contribution in [0.25, 0.3) is 0 Å². The highest BCUT2D eigenvalue weighted by atomic mass is 127. The molecule has 0 unspecified atom stereocenters. The van der Waals surface area contributed by atoms with Crippen molar-refractivity contribution in [2.45, 2.75) is 0 Å². The number of nitro benzene ring substituents is 2. The summed E-state index contributed by atoms with van der Waals surface area (Å²) in [5.41, 5.74) is 10.1. The Bertz CT molecular complexity index is 830. The molecule has 0 spiro atoms. The van der Waals surface area contributed by atoms with Crippen LogP contribution in [-0.4, -0.2) is 21.7 Å². The lowest BCUT2D eigenvalue weighted by Gasteiger charge is -1.98. The molecule has 2 amide bonds. The number of nitrogens with zero attached hydrogens (tertiary/aromatic N) is 2.